The van der Waals surface area contributed by atoms with Crippen molar-refractivity contribution in [2.45, 2.75) is 48.9 Å². The summed E-state index contributed by atoms with van der Waals surface area (Å²) in [5, 5.41) is 0. The maximum absolute atomic E-state index is 13.6. The first-order valence-electron chi connectivity index (χ1n) is 9.77. The molecule has 31 heavy (non-hydrogen) atoms. The van der Waals surface area contributed by atoms with Crippen molar-refractivity contribution < 1.29 is 21.6 Å². The van der Waals surface area contributed by atoms with E-state index in [2.05, 4.69) is 0 Å². The third-order valence-corrected chi connectivity index (χ3v) is 9.43. The largest absolute Gasteiger partial charge is 0.330 e. The van der Waals surface area contributed by atoms with Gasteiger partial charge in [0.25, 0.3) is 20.0 Å². The van der Waals surface area contributed by atoms with Crippen molar-refractivity contribution in [2.75, 3.05) is 12.4 Å². The smallest absolute Gasteiger partial charge is 0.257 e. The van der Waals surface area contributed by atoms with Gasteiger partial charge in [-0.25, -0.2) is 16.8 Å². The first-order chi connectivity index (χ1) is 14.6. The molecule has 0 aliphatic carbocycles. The summed E-state index contributed by atoms with van der Waals surface area (Å²) in [4.78, 5) is 12.2. The van der Waals surface area contributed by atoms with E-state index in [1.165, 1.54) is 24.3 Å². The van der Waals surface area contributed by atoms with Crippen molar-refractivity contribution >= 4 is 37.4 Å². The van der Waals surface area contributed by atoms with Crippen LogP contribution < -0.4 is 5.73 Å². The van der Waals surface area contributed by atoms with Crippen molar-refractivity contribution in [2.24, 2.45) is 5.73 Å². The Morgan fingerprint density at radius 2 is 1.29 bits per heavy atom. The van der Waals surface area contributed by atoms with Crippen LogP contribution in [0.5, 0.6) is 0 Å². The van der Waals surface area contributed by atoms with Gasteiger partial charge in [0, 0.05) is 0 Å². The number of rotatable bonds is 11. The molecule has 0 unspecified atom stereocenters. The Morgan fingerprint density at radius 3 is 1.65 bits per heavy atom. The molecule has 0 radical (unpaired) electrons. The molecule has 0 saturated carbocycles. The van der Waals surface area contributed by atoms with Crippen LogP contribution in [0.3, 0.4) is 0 Å². The SMILES string of the molecule is Cc1ccc(S(=O)(=O)N([C@@H](CCCCN)C(=O)CCl)S(=O)(=O)c2ccc(C)cc2)cc1. The van der Waals surface area contributed by atoms with Crippen LogP contribution in [0.25, 0.3) is 0 Å². The Balaban J connectivity index is 2.71. The number of hydrogen-bond acceptors (Lipinski definition) is 6. The second-order valence-corrected chi connectivity index (χ2v) is 11.4. The van der Waals surface area contributed by atoms with Gasteiger partial charge in [-0.1, -0.05) is 45.5 Å². The predicted octanol–water partition coefficient (Wildman–Crippen LogP) is 2.99. The van der Waals surface area contributed by atoms with Crippen LogP contribution in [0.2, 0.25) is 0 Å². The third kappa shape index (κ3) is 5.93. The van der Waals surface area contributed by atoms with E-state index in [4.69, 9.17) is 17.3 Å². The molecule has 10 heteroatoms. The molecule has 1 atom stereocenters. The second kappa shape index (κ2) is 10.7. The molecular formula is C21H27ClN2O5S2. The van der Waals surface area contributed by atoms with E-state index in [1.54, 1.807) is 38.1 Å². The summed E-state index contributed by atoms with van der Waals surface area (Å²) in [6, 6.07) is 10.1. The Hall–Kier alpha value is -1.78. The zero-order valence-electron chi connectivity index (χ0n) is 17.5. The average molecular weight is 487 g/mol. The fourth-order valence-corrected chi connectivity index (χ4v) is 7.27. The van der Waals surface area contributed by atoms with E-state index in [1.807, 2.05) is 0 Å². The number of carbonyl (C=O) groups excluding carboxylic acids is 1. The fraction of sp³-hybridized carbons (Fsp3) is 0.381. The van der Waals surface area contributed by atoms with E-state index in [-0.39, 0.29) is 16.2 Å². The first-order valence-corrected chi connectivity index (χ1v) is 13.2. The fourth-order valence-electron chi connectivity index (χ4n) is 3.05. The maximum atomic E-state index is 13.6. The van der Waals surface area contributed by atoms with Crippen molar-refractivity contribution in [3.63, 3.8) is 0 Å². The van der Waals surface area contributed by atoms with E-state index in [9.17, 15) is 21.6 Å². The van der Waals surface area contributed by atoms with Crippen LogP contribution in [-0.2, 0) is 24.8 Å². The molecule has 0 heterocycles. The quantitative estimate of drug-likeness (QED) is 0.385. The molecule has 2 N–H and O–H groups in total. The van der Waals surface area contributed by atoms with Crippen molar-refractivity contribution in [1.82, 2.24) is 3.71 Å². The zero-order chi connectivity index (χ0) is 23.2. The highest BCUT2D eigenvalue weighted by molar-refractivity contribution is 8.04. The van der Waals surface area contributed by atoms with E-state index >= 15 is 0 Å². The monoisotopic (exact) mass is 486 g/mol. The molecule has 170 valence electrons. The summed E-state index contributed by atoms with van der Waals surface area (Å²) in [5.41, 5.74) is 7.14. The number of carbonyl (C=O) groups is 1. The number of nitrogens with zero attached hydrogens (tertiary/aromatic N) is 1. The highest BCUT2D eigenvalue weighted by atomic mass is 35.5. The van der Waals surface area contributed by atoms with Crippen LogP contribution in [0.1, 0.15) is 30.4 Å². The van der Waals surface area contributed by atoms with Gasteiger partial charge in [-0.15, -0.1) is 11.6 Å². The zero-order valence-corrected chi connectivity index (χ0v) is 19.9. The van der Waals surface area contributed by atoms with Gasteiger partial charge < -0.3 is 5.73 Å². The molecule has 0 aromatic heterocycles. The van der Waals surface area contributed by atoms with E-state index in [0.717, 1.165) is 11.1 Å². The van der Waals surface area contributed by atoms with Gasteiger partial charge in [0.1, 0.15) is 6.04 Å². The normalized spacial score (nSPS) is 13.3. The Bertz CT molecular complexity index is 1020. The topological polar surface area (TPSA) is 115 Å². The first kappa shape index (κ1) is 25.5. The molecule has 0 aliphatic heterocycles. The Kier molecular flexibility index (Phi) is 8.79. The summed E-state index contributed by atoms with van der Waals surface area (Å²) in [6.45, 7) is 3.89. The summed E-state index contributed by atoms with van der Waals surface area (Å²) in [5.74, 6) is -1.21. The minimum atomic E-state index is -4.59. The minimum absolute atomic E-state index is 0.0149. The number of aryl methyl sites for hydroxylation is 2. The number of halogens is 1. The molecule has 2 rings (SSSR count). The lowest BCUT2D eigenvalue weighted by molar-refractivity contribution is -0.119. The lowest BCUT2D eigenvalue weighted by Gasteiger charge is -2.29. The molecule has 0 amide bonds. The highest BCUT2D eigenvalue weighted by Crippen LogP contribution is 2.30. The van der Waals surface area contributed by atoms with Crippen LogP contribution in [-0.4, -0.2) is 44.8 Å². The van der Waals surface area contributed by atoms with Gasteiger partial charge in [0.05, 0.1) is 15.7 Å². The number of benzene rings is 2. The standard InChI is InChI=1S/C21H27ClN2O5S2/c1-16-6-10-18(11-7-16)30(26,27)24(20(21(25)15-22)5-3-4-14-23)31(28,29)19-12-8-17(2)9-13-19/h6-13,20H,3-5,14-15,23H2,1-2H3/t20-/m0/s1. The summed E-state index contributed by atoms with van der Waals surface area (Å²) in [7, 11) is -9.18. The van der Waals surface area contributed by atoms with Crippen molar-refractivity contribution in [3.8, 4) is 0 Å². The molecule has 0 spiro atoms. The van der Waals surface area contributed by atoms with Crippen LogP contribution >= 0.6 is 11.6 Å². The van der Waals surface area contributed by atoms with Crippen LogP contribution in [0.4, 0.5) is 0 Å². The van der Waals surface area contributed by atoms with Crippen LogP contribution in [0.15, 0.2) is 58.3 Å². The van der Waals surface area contributed by atoms with Gasteiger partial charge in [-0.3, -0.25) is 4.79 Å². The highest BCUT2D eigenvalue weighted by Gasteiger charge is 2.44. The molecule has 0 saturated heterocycles. The lowest BCUT2D eigenvalue weighted by atomic mass is 10.1. The molecule has 0 fully saturated rings. The maximum Gasteiger partial charge on any atom is 0.257 e. The Labute approximate surface area is 189 Å². The Morgan fingerprint density at radius 1 is 0.871 bits per heavy atom. The van der Waals surface area contributed by atoms with Gasteiger partial charge in [0.2, 0.25) is 0 Å². The van der Waals surface area contributed by atoms with Gasteiger partial charge >= 0.3 is 0 Å². The molecule has 2 aromatic carbocycles. The number of unbranched alkanes of at least 4 members (excludes halogenated alkanes) is 1. The summed E-state index contributed by atoms with van der Waals surface area (Å²) < 4.78 is 54.5. The molecule has 0 aliphatic rings. The second-order valence-electron chi connectivity index (χ2n) is 7.26. The third-order valence-electron chi connectivity index (χ3n) is 4.80. The number of alkyl halides is 1. The molecular weight excluding hydrogens is 460 g/mol. The van der Waals surface area contributed by atoms with Crippen molar-refractivity contribution in [1.29, 1.82) is 0 Å². The van der Waals surface area contributed by atoms with Gasteiger partial charge in [-0.05, 0) is 57.5 Å². The molecule has 2 aromatic rings. The number of nitrogens with two attached hydrogens (primary N) is 1. The number of hydrogen-bond donors (Lipinski definition) is 1. The van der Waals surface area contributed by atoms with Crippen LogP contribution in [0, 0.1) is 13.8 Å². The predicted molar refractivity (Wildman–Crippen MR) is 121 cm³/mol. The summed E-state index contributed by atoms with van der Waals surface area (Å²) >= 11 is 5.75. The number of sulfonamides is 2. The van der Waals surface area contributed by atoms with E-state index in [0.29, 0.717) is 23.1 Å². The lowest BCUT2D eigenvalue weighted by Crippen LogP contribution is -2.49. The van der Waals surface area contributed by atoms with Gasteiger partial charge in [0.15, 0.2) is 5.78 Å². The van der Waals surface area contributed by atoms with E-state index < -0.39 is 37.8 Å². The summed E-state index contributed by atoms with van der Waals surface area (Å²) in [6.07, 6.45) is 0.862. The minimum Gasteiger partial charge on any atom is -0.330 e. The average Bonchev–Trinajstić information content (AvgIpc) is 2.72. The number of ketones is 1. The molecule has 7 nitrogen and oxygen atoms in total. The molecule has 0 bridgehead atoms. The number of Topliss-reactive ketones (excluding diaryl/α,β-unsaturated/α-hetero) is 1. The van der Waals surface area contributed by atoms with Crippen molar-refractivity contribution in [3.05, 3.63) is 59.7 Å². The van der Waals surface area contributed by atoms with Gasteiger partial charge in [-0.2, -0.15) is 0 Å².